The fraction of sp³-hybridized carbons (Fsp3) is 0.308. The number of nitrogens with zero attached hydrogens (tertiary/aromatic N) is 1. The largest absolute Gasteiger partial charge is 0.493 e. The van der Waals surface area contributed by atoms with Gasteiger partial charge in [-0.1, -0.05) is 6.92 Å². The molecule has 0 amide bonds. The van der Waals surface area contributed by atoms with Gasteiger partial charge in [-0.05, 0) is 30.8 Å². The van der Waals surface area contributed by atoms with Crippen LogP contribution in [0.3, 0.4) is 0 Å². The van der Waals surface area contributed by atoms with Crippen LogP contribution in [0.15, 0.2) is 24.4 Å². The minimum atomic E-state index is 0.680. The number of benzene rings is 1. The van der Waals surface area contributed by atoms with Gasteiger partial charge in [-0.3, -0.25) is 4.57 Å². The molecule has 0 fully saturated rings. The van der Waals surface area contributed by atoms with Crippen LogP contribution in [-0.4, -0.2) is 23.8 Å². The predicted octanol–water partition coefficient (Wildman–Crippen LogP) is 3.11. The molecule has 4 nitrogen and oxygen atoms in total. The Balaban J connectivity index is 2.57. The Hall–Kier alpha value is -1.75. The first-order chi connectivity index (χ1) is 8.71. The van der Waals surface area contributed by atoms with Crippen molar-refractivity contribution in [2.75, 3.05) is 14.2 Å². The summed E-state index contributed by atoms with van der Waals surface area (Å²) >= 11 is 5.30. The summed E-state index contributed by atoms with van der Waals surface area (Å²) < 4.78 is 13.2. The number of hydrogen-bond donors (Lipinski definition) is 1. The number of imidazole rings is 1. The number of aromatic nitrogens is 2. The van der Waals surface area contributed by atoms with Gasteiger partial charge in [0.25, 0.3) is 0 Å². The fourth-order valence-corrected chi connectivity index (χ4v) is 2.19. The highest BCUT2D eigenvalue weighted by Crippen LogP contribution is 2.29. The Morgan fingerprint density at radius 3 is 2.56 bits per heavy atom. The smallest absolute Gasteiger partial charge is 0.182 e. The van der Waals surface area contributed by atoms with E-state index in [2.05, 4.69) is 11.9 Å². The molecule has 0 saturated heterocycles. The van der Waals surface area contributed by atoms with Crippen LogP contribution in [-0.2, 0) is 6.42 Å². The van der Waals surface area contributed by atoms with E-state index in [0.717, 1.165) is 17.8 Å². The maximum atomic E-state index is 5.31. The Kier molecular flexibility index (Phi) is 3.72. The van der Waals surface area contributed by atoms with Crippen LogP contribution < -0.4 is 9.47 Å². The number of aryl methyl sites for hydroxylation is 1. The monoisotopic (exact) mass is 264 g/mol. The van der Waals surface area contributed by atoms with Crippen LogP contribution in [0.25, 0.3) is 5.69 Å². The van der Waals surface area contributed by atoms with E-state index in [1.54, 1.807) is 14.2 Å². The van der Waals surface area contributed by atoms with Crippen LogP contribution in [0.5, 0.6) is 11.5 Å². The predicted molar refractivity (Wildman–Crippen MR) is 73.4 cm³/mol. The number of methoxy groups -OCH3 is 2. The minimum Gasteiger partial charge on any atom is -0.493 e. The Morgan fingerprint density at radius 2 is 1.94 bits per heavy atom. The van der Waals surface area contributed by atoms with Crippen molar-refractivity contribution in [2.45, 2.75) is 13.3 Å². The molecule has 0 aliphatic rings. The Morgan fingerprint density at radius 1 is 1.22 bits per heavy atom. The average Bonchev–Trinajstić information content (AvgIpc) is 2.79. The number of ether oxygens (including phenoxy) is 2. The van der Waals surface area contributed by atoms with E-state index in [1.165, 1.54) is 0 Å². The van der Waals surface area contributed by atoms with Crippen molar-refractivity contribution in [3.8, 4) is 17.2 Å². The van der Waals surface area contributed by atoms with Crippen molar-refractivity contribution in [1.29, 1.82) is 0 Å². The third-order valence-corrected chi connectivity index (χ3v) is 3.14. The molecule has 2 rings (SSSR count). The van der Waals surface area contributed by atoms with Gasteiger partial charge in [0.15, 0.2) is 16.3 Å². The molecule has 18 heavy (non-hydrogen) atoms. The summed E-state index contributed by atoms with van der Waals surface area (Å²) in [4.78, 5) is 3.06. The number of rotatable bonds is 4. The molecule has 0 aliphatic carbocycles. The Bertz CT molecular complexity index is 601. The minimum absolute atomic E-state index is 0.680. The lowest BCUT2D eigenvalue weighted by Gasteiger charge is -2.11. The van der Waals surface area contributed by atoms with E-state index in [1.807, 2.05) is 29.0 Å². The molecular weight excluding hydrogens is 248 g/mol. The molecule has 1 N–H and O–H groups in total. The summed E-state index contributed by atoms with van der Waals surface area (Å²) in [6, 6.07) is 5.76. The van der Waals surface area contributed by atoms with Gasteiger partial charge in [0.2, 0.25) is 0 Å². The lowest BCUT2D eigenvalue weighted by Crippen LogP contribution is -2.00. The van der Waals surface area contributed by atoms with E-state index in [4.69, 9.17) is 21.7 Å². The van der Waals surface area contributed by atoms with Gasteiger partial charge in [0, 0.05) is 18.0 Å². The summed E-state index contributed by atoms with van der Waals surface area (Å²) in [5.74, 6) is 1.40. The van der Waals surface area contributed by atoms with Gasteiger partial charge in [-0.2, -0.15) is 0 Å². The summed E-state index contributed by atoms with van der Waals surface area (Å²) in [6.45, 7) is 2.09. The first kappa shape index (κ1) is 12.7. The van der Waals surface area contributed by atoms with Crippen molar-refractivity contribution in [1.82, 2.24) is 9.55 Å². The van der Waals surface area contributed by atoms with Gasteiger partial charge in [-0.25, -0.2) is 0 Å². The lowest BCUT2D eigenvalue weighted by molar-refractivity contribution is 0.355. The maximum absolute atomic E-state index is 5.31. The highest BCUT2D eigenvalue weighted by Gasteiger charge is 2.09. The topological polar surface area (TPSA) is 39.2 Å². The molecule has 5 heteroatoms. The molecule has 1 aromatic heterocycles. The second-order valence-corrected chi connectivity index (χ2v) is 4.20. The molecule has 0 atom stereocenters. The molecule has 1 aromatic carbocycles. The summed E-state index contributed by atoms with van der Waals surface area (Å²) in [5.41, 5.74) is 2.10. The molecule has 96 valence electrons. The summed E-state index contributed by atoms with van der Waals surface area (Å²) in [5, 5.41) is 0. The van der Waals surface area contributed by atoms with Crippen molar-refractivity contribution >= 4 is 12.2 Å². The Labute approximate surface area is 111 Å². The molecule has 0 radical (unpaired) electrons. The van der Waals surface area contributed by atoms with Crippen molar-refractivity contribution < 1.29 is 9.47 Å². The molecule has 2 aromatic rings. The highest BCUT2D eigenvalue weighted by molar-refractivity contribution is 7.71. The van der Waals surface area contributed by atoms with Gasteiger partial charge < -0.3 is 14.5 Å². The summed E-state index contributed by atoms with van der Waals surface area (Å²) in [6.07, 6.45) is 2.83. The van der Waals surface area contributed by atoms with E-state index in [-0.39, 0.29) is 0 Å². The molecule has 0 aliphatic heterocycles. The molecule has 0 spiro atoms. The van der Waals surface area contributed by atoms with Crippen LogP contribution in [0.4, 0.5) is 0 Å². The number of H-pyrrole nitrogens is 1. The van der Waals surface area contributed by atoms with E-state index in [0.29, 0.717) is 16.3 Å². The van der Waals surface area contributed by atoms with Gasteiger partial charge >= 0.3 is 0 Å². The zero-order valence-electron chi connectivity index (χ0n) is 10.7. The molecule has 1 heterocycles. The quantitative estimate of drug-likeness (QED) is 0.862. The summed E-state index contributed by atoms with van der Waals surface area (Å²) in [7, 11) is 3.25. The third kappa shape index (κ3) is 2.13. The normalized spacial score (nSPS) is 10.4. The second-order valence-electron chi connectivity index (χ2n) is 3.81. The van der Waals surface area contributed by atoms with Gasteiger partial charge in [-0.15, -0.1) is 0 Å². The molecule has 0 saturated carbocycles. The second kappa shape index (κ2) is 5.27. The zero-order chi connectivity index (χ0) is 13.1. The fourth-order valence-electron chi connectivity index (χ4n) is 1.91. The van der Waals surface area contributed by atoms with Crippen molar-refractivity contribution in [3.05, 3.63) is 34.9 Å². The van der Waals surface area contributed by atoms with Crippen molar-refractivity contribution in [2.24, 2.45) is 0 Å². The van der Waals surface area contributed by atoms with Crippen LogP contribution in [0.1, 0.15) is 12.6 Å². The average molecular weight is 264 g/mol. The van der Waals surface area contributed by atoms with E-state index < -0.39 is 0 Å². The van der Waals surface area contributed by atoms with Crippen molar-refractivity contribution in [3.63, 3.8) is 0 Å². The van der Waals surface area contributed by atoms with Crippen LogP contribution in [0, 0.1) is 4.77 Å². The lowest BCUT2D eigenvalue weighted by atomic mass is 10.2. The highest BCUT2D eigenvalue weighted by atomic mass is 32.1. The number of aromatic amines is 1. The number of nitrogens with one attached hydrogen (secondary N) is 1. The SMILES string of the molecule is CCc1c[nH]c(=S)n1-c1ccc(OC)c(OC)c1. The van der Waals surface area contributed by atoms with Crippen LogP contribution >= 0.6 is 12.2 Å². The number of hydrogen-bond acceptors (Lipinski definition) is 3. The third-order valence-electron chi connectivity index (χ3n) is 2.84. The first-order valence-corrected chi connectivity index (χ1v) is 6.13. The molecule has 0 unspecified atom stereocenters. The van der Waals surface area contributed by atoms with Gasteiger partial charge in [0.05, 0.1) is 19.9 Å². The zero-order valence-corrected chi connectivity index (χ0v) is 11.5. The standard InChI is InChI=1S/C13H16N2O2S/c1-4-9-8-14-13(18)15(9)10-5-6-11(16-2)12(7-10)17-3/h5-8H,4H2,1-3H3,(H,14,18). The maximum Gasteiger partial charge on any atom is 0.182 e. The first-order valence-electron chi connectivity index (χ1n) is 5.73. The van der Waals surface area contributed by atoms with Gasteiger partial charge in [0.1, 0.15) is 0 Å². The molecular formula is C13H16N2O2S. The van der Waals surface area contributed by atoms with Crippen LogP contribution in [0.2, 0.25) is 0 Å². The molecule has 0 bridgehead atoms. The van der Waals surface area contributed by atoms with E-state index in [9.17, 15) is 0 Å². The van der Waals surface area contributed by atoms with E-state index >= 15 is 0 Å².